The monoisotopic (exact) mass is 314 g/mol. The summed E-state index contributed by atoms with van der Waals surface area (Å²) in [6.45, 7) is 12.3. The van der Waals surface area contributed by atoms with Gasteiger partial charge >= 0.3 is 6.09 Å². The normalized spacial score (nSPS) is 22.6. The molecule has 0 radical (unpaired) electrons. The summed E-state index contributed by atoms with van der Waals surface area (Å²) in [6.07, 6.45) is -0.146. The van der Waals surface area contributed by atoms with Crippen LogP contribution in [-0.4, -0.2) is 52.8 Å². The number of likely N-dealkylation sites (tertiary alicyclic amines) is 1. The summed E-state index contributed by atoms with van der Waals surface area (Å²) in [5.41, 5.74) is -0.495. The Morgan fingerprint density at radius 2 is 1.82 bits per heavy atom. The maximum absolute atomic E-state index is 12.3. The molecule has 1 heterocycles. The highest BCUT2D eigenvalue weighted by atomic mass is 16.6. The van der Waals surface area contributed by atoms with Gasteiger partial charge in [-0.15, -0.1) is 0 Å². The van der Waals surface area contributed by atoms with Crippen LogP contribution in [0.15, 0.2) is 0 Å². The van der Waals surface area contributed by atoms with Crippen molar-refractivity contribution in [3.05, 3.63) is 0 Å². The molecule has 0 aliphatic carbocycles. The molecular formula is C16H30N2O4. The third-order valence-corrected chi connectivity index (χ3v) is 3.38. The van der Waals surface area contributed by atoms with Gasteiger partial charge < -0.3 is 15.2 Å². The van der Waals surface area contributed by atoms with E-state index >= 15 is 0 Å². The first-order valence-corrected chi connectivity index (χ1v) is 7.84. The molecule has 1 saturated heterocycles. The maximum atomic E-state index is 12.3. The van der Waals surface area contributed by atoms with Crippen molar-refractivity contribution in [2.24, 2.45) is 5.41 Å². The molecular weight excluding hydrogens is 284 g/mol. The second-order valence-corrected chi connectivity index (χ2v) is 8.14. The quantitative estimate of drug-likeness (QED) is 0.834. The summed E-state index contributed by atoms with van der Waals surface area (Å²) >= 11 is 0. The van der Waals surface area contributed by atoms with Crippen molar-refractivity contribution in [3.8, 4) is 0 Å². The molecule has 0 aromatic rings. The van der Waals surface area contributed by atoms with Gasteiger partial charge in [0.1, 0.15) is 11.6 Å². The minimum absolute atomic E-state index is 0.131. The van der Waals surface area contributed by atoms with E-state index in [1.807, 2.05) is 0 Å². The van der Waals surface area contributed by atoms with E-state index in [0.717, 1.165) is 6.42 Å². The zero-order valence-corrected chi connectivity index (χ0v) is 14.6. The first-order chi connectivity index (χ1) is 9.89. The summed E-state index contributed by atoms with van der Waals surface area (Å²) in [5, 5.41) is 12.6. The molecule has 0 spiro atoms. The number of hydrogen-bond acceptors (Lipinski definition) is 4. The van der Waals surface area contributed by atoms with Crippen LogP contribution in [0.25, 0.3) is 0 Å². The molecule has 6 heteroatoms. The SMILES string of the molecule is CC(C)(C)CCNC(=O)C1CC(O)CN1C(=O)OC(C)(C)C. The van der Waals surface area contributed by atoms with Crippen molar-refractivity contribution in [1.82, 2.24) is 10.2 Å². The van der Waals surface area contributed by atoms with E-state index in [2.05, 4.69) is 26.1 Å². The molecule has 2 unspecified atom stereocenters. The fourth-order valence-corrected chi connectivity index (χ4v) is 2.26. The van der Waals surface area contributed by atoms with Gasteiger partial charge in [-0.05, 0) is 32.6 Å². The molecule has 0 aromatic carbocycles. The number of amides is 2. The summed E-state index contributed by atoms with van der Waals surface area (Å²) < 4.78 is 5.30. The van der Waals surface area contributed by atoms with E-state index in [0.29, 0.717) is 6.54 Å². The van der Waals surface area contributed by atoms with Crippen LogP contribution in [0.4, 0.5) is 4.79 Å². The fourth-order valence-electron chi connectivity index (χ4n) is 2.26. The molecule has 2 amide bonds. The Bertz CT molecular complexity index is 409. The van der Waals surface area contributed by atoms with Crippen LogP contribution in [0.2, 0.25) is 0 Å². The molecule has 2 atom stereocenters. The Morgan fingerprint density at radius 1 is 1.23 bits per heavy atom. The lowest BCUT2D eigenvalue weighted by Crippen LogP contribution is -2.48. The predicted octanol–water partition coefficient (Wildman–Crippen LogP) is 1.91. The maximum Gasteiger partial charge on any atom is 0.411 e. The zero-order valence-electron chi connectivity index (χ0n) is 14.6. The highest BCUT2D eigenvalue weighted by Gasteiger charge is 2.40. The minimum atomic E-state index is -0.689. The number of nitrogens with one attached hydrogen (secondary N) is 1. The third-order valence-electron chi connectivity index (χ3n) is 3.38. The Hall–Kier alpha value is -1.30. The van der Waals surface area contributed by atoms with Crippen molar-refractivity contribution < 1.29 is 19.4 Å². The van der Waals surface area contributed by atoms with E-state index in [9.17, 15) is 14.7 Å². The van der Waals surface area contributed by atoms with Crippen molar-refractivity contribution in [2.75, 3.05) is 13.1 Å². The standard InChI is InChI=1S/C16H30N2O4/c1-15(2,3)7-8-17-13(20)12-9-11(19)10-18(12)14(21)22-16(4,5)6/h11-12,19H,7-10H2,1-6H3,(H,17,20). The summed E-state index contributed by atoms with van der Waals surface area (Å²) in [6, 6.07) is -0.662. The largest absolute Gasteiger partial charge is 0.444 e. The van der Waals surface area contributed by atoms with Crippen LogP contribution in [0.5, 0.6) is 0 Å². The number of carbonyl (C=O) groups excluding carboxylic acids is 2. The number of ether oxygens (including phenoxy) is 1. The summed E-state index contributed by atoms with van der Waals surface area (Å²) in [7, 11) is 0. The highest BCUT2D eigenvalue weighted by Crippen LogP contribution is 2.22. The van der Waals surface area contributed by atoms with Gasteiger partial charge in [0, 0.05) is 13.0 Å². The van der Waals surface area contributed by atoms with Gasteiger partial charge in [0.05, 0.1) is 12.6 Å². The van der Waals surface area contributed by atoms with Gasteiger partial charge in [0.15, 0.2) is 0 Å². The number of aliphatic hydroxyl groups is 1. The van der Waals surface area contributed by atoms with E-state index < -0.39 is 23.8 Å². The van der Waals surface area contributed by atoms with E-state index in [-0.39, 0.29) is 24.3 Å². The number of nitrogens with zero attached hydrogens (tertiary/aromatic N) is 1. The average molecular weight is 314 g/mol. The van der Waals surface area contributed by atoms with Crippen LogP contribution in [0, 0.1) is 5.41 Å². The van der Waals surface area contributed by atoms with Gasteiger partial charge in [0.25, 0.3) is 0 Å². The highest BCUT2D eigenvalue weighted by molar-refractivity contribution is 5.86. The number of β-amino-alcohol motifs (C(OH)–C–C–N with tert-alkyl or cyclic N) is 1. The Morgan fingerprint density at radius 3 is 2.32 bits per heavy atom. The molecule has 22 heavy (non-hydrogen) atoms. The first-order valence-electron chi connectivity index (χ1n) is 7.84. The molecule has 1 aliphatic rings. The molecule has 1 aliphatic heterocycles. The van der Waals surface area contributed by atoms with Gasteiger partial charge in [-0.2, -0.15) is 0 Å². The van der Waals surface area contributed by atoms with Gasteiger partial charge in [-0.3, -0.25) is 9.69 Å². The smallest absolute Gasteiger partial charge is 0.411 e. The summed E-state index contributed by atoms with van der Waals surface area (Å²) in [5.74, 6) is -0.230. The lowest BCUT2D eigenvalue weighted by Gasteiger charge is -2.28. The molecule has 2 N–H and O–H groups in total. The zero-order chi connectivity index (χ0) is 17.1. The van der Waals surface area contributed by atoms with Crippen molar-refractivity contribution in [3.63, 3.8) is 0 Å². The van der Waals surface area contributed by atoms with Crippen LogP contribution >= 0.6 is 0 Å². The second kappa shape index (κ2) is 6.86. The lowest BCUT2D eigenvalue weighted by atomic mass is 9.92. The third kappa shape index (κ3) is 6.22. The Kier molecular flexibility index (Phi) is 5.84. The van der Waals surface area contributed by atoms with E-state index in [4.69, 9.17) is 4.74 Å². The second-order valence-electron chi connectivity index (χ2n) is 8.14. The van der Waals surface area contributed by atoms with Crippen molar-refractivity contribution in [1.29, 1.82) is 0 Å². The molecule has 128 valence electrons. The number of rotatable bonds is 3. The van der Waals surface area contributed by atoms with Crippen molar-refractivity contribution >= 4 is 12.0 Å². The van der Waals surface area contributed by atoms with E-state index in [1.165, 1.54) is 4.90 Å². The number of hydrogen-bond donors (Lipinski definition) is 2. The van der Waals surface area contributed by atoms with Crippen molar-refractivity contribution in [2.45, 2.75) is 72.1 Å². The molecule has 0 aromatic heterocycles. The number of aliphatic hydroxyl groups excluding tert-OH is 1. The van der Waals surface area contributed by atoms with Gasteiger partial charge in [0.2, 0.25) is 5.91 Å². The van der Waals surface area contributed by atoms with Crippen LogP contribution in [0.1, 0.15) is 54.4 Å². The lowest BCUT2D eigenvalue weighted by molar-refractivity contribution is -0.125. The molecule has 0 saturated carbocycles. The summed E-state index contributed by atoms with van der Waals surface area (Å²) in [4.78, 5) is 25.8. The predicted molar refractivity (Wildman–Crippen MR) is 84.4 cm³/mol. The Balaban J connectivity index is 2.62. The van der Waals surface area contributed by atoms with E-state index in [1.54, 1.807) is 20.8 Å². The van der Waals surface area contributed by atoms with Crippen LogP contribution in [0.3, 0.4) is 0 Å². The van der Waals surface area contributed by atoms with Gasteiger partial charge in [-0.1, -0.05) is 20.8 Å². The fraction of sp³-hybridized carbons (Fsp3) is 0.875. The Labute approximate surface area is 133 Å². The minimum Gasteiger partial charge on any atom is -0.444 e. The van der Waals surface area contributed by atoms with Gasteiger partial charge in [-0.25, -0.2) is 4.79 Å². The molecule has 1 rings (SSSR count). The topological polar surface area (TPSA) is 78.9 Å². The molecule has 6 nitrogen and oxygen atoms in total. The van der Waals surface area contributed by atoms with Crippen LogP contribution < -0.4 is 5.32 Å². The van der Waals surface area contributed by atoms with Crippen LogP contribution in [-0.2, 0) is 9.53 Å². The molecule has 1 fully saturated rings. The average Bonchev–Trinajstić information content (AvgIpc) is 2.67. The first kappa shape index (κ1) is 18.7. The molecule has 0 bridgehead atoms. The number of carbonyl (C=O) groups is 2.